The number of ether oxygens (including phenoxy) is 1. The van der Waals surface area contributed by atoms with E-state index in [1.54, 1.807) is 18.2 Å². The average molecular weight is 275 g/mol. The van der Waals surface area contributed by atoms with E-state index in [0.29, 0.717) is 22.3 Å². The Hall–Kier alpha value is -0.970. The molecule has 1 aromatic carbocycles. The second-order valence-corrected chi connectivity index (χ2v) is 4.68. The topological polar surface area (TPSA) is 50.4 Å². The van der Waals surface area contributed by atoms with Gasteiger partial charge in [0.2, 0.25) is 0 Å². The van der Waals surface area contributed by atoms with Gasteiger partial charge in [-0.25, -0.2) is 4.79 Å². The van der Waals surface area contributed by atoms with Crippen molar-refractivity contribution in [1.82, 2.24) is 5.32 Å². The molecule has 4 nitrogen and oxygen atoms in total. The molecule has 1 unspecified atom stereocenters. The van der Waals surface area contributed by atoms with E-state index in [2.05, 4.69) is 10.6 Å². The molecule has 1 atom stereocenters. The molecule has 1 aliphatic heterocycles. The molecule has 0 spiro atoms. The van der Waals surface area contributed by atoms with Gasteiger partial charge in [-0.05, 0) is 31.2 Å². The zero-order chi connectivity index (χ0) is 12.3. The van der Waals surface area contributed by atoms with Crippen LogP contribution in [0.1, 0.15) is 6.42 Å². The summed E-state index contributed by atoms with van der Waals surface area (Å²) in [5, 5.41) is 6.64. The maximum atomic E-state index is 11.5. The number of hydrogen-bond donors (Lipinski definition) is 2. The Balaban J connectivity index is 1.92. The van der Waals surface area contributed by atoms with E-state index in [0.717, 1.165) is 13.0 Å². The van der Waals surface area contributed by atoms with E-state index >= 15 is 0 Å². The molecule has 6 heteroatoms. The lowest BCUT2D eigenvalue weighted by atomic mass is 10.3. The third-order valence-electron chi connectivity index (χ3n) is 2.40. The highest BCUT2D eigenvalue weighted by Gasteiger charge is 2.18. The molecule has 1 aromatic rings. The van der Waals surface area contributed by atoms with Gasteiger partial charge in [0.1, 0.15) is 6.10 Å². The van der Waals surface area contributed by atoms with E-state index < -0.39 is 6.09 Å². The molecule has 1 saturated heterocycles. The number of amides is 1. The van der Waals surface area contributed by atoms with Gasteiger partial charge in [0.05, 0.1) is 0 Å². The number of rotatable bonds is 2. The Labute approximate surface area is 109 Å². The van der Waals surface area contributed by atoms with Crippen LogP contribution in [0.3, 0.4) is 0 Å². The lowest BCUT2D eigenvalue weighted by Crippen LogP contribution is -2.24. The van der Waals surface area contributed by atoms with Crippen LogP contribution in [-0.4, -0.2) is 25.3 Å². The molecule has 17 heavy (non-hydrogen) atoms. The largest absolute Gasteiger partial charge is 0.445 e. The lowest BCUT2D eigenvalue weighted by Gasteiger charge is -2.12. The number of anilines is 1. The molecule has 0 saturated carbocycles. The van der Waals surface area contributed by atoms with Crippen LogP contribution in [0.25, 0.3) is 0 Å². The highest BCUT2D eigenvalue weighted by molar-refractivity contribution is 6.35. The number of halogens is 2. The minimum atomic E-state index is -0.489. The van der Waals surface area contributed by atoms with Crippen LogP contribution in [0.15, 0.2) is 18.2 Å². The summed E-state index contributed by atoms with van der Waals surface area (Å²) in [6, 6.07) is 4.82. The Morgan fingerprint density at radius 1 is 1.35 bits per heavy atom. The van der Waals surface area contributed by atoms with Crippen molar-refractivity contribution in [3.05, 3.63) is 28.2 Å². The maximum absolute atomic E-state index is 11.5. The summed E-state index contributed by atoms with van der Waals surface area (Å²) in [5.74, 6) is 0. The summed E-state index contributed by atoms with van der Waals surface area (Å²) in [6.45, 7) is 1.57. The van der Waals surface area contributed by atoms with Crippen molar-refractivity contribution in [3.8, 4) is 0 Å². The van der Waals surface area contributed by atoms with Gasteiger partial charge in [-0.15, -0.1) is 0 Å². The number of nitrogens with one attached hydrogen (secondary N) is 2. The van der Waals surface area contributed by atoms with E-state index in [4.69, 9.17) is 27.9 Å². The Morgan fingerprint density at radius 2 is 2.06 bits per heavy atom. The van der Waals surface area contributed by atoms with E-state index in [1.165, 1.54) is 0 Å². The minimum absolute atomic E-state index is 0.0651. The first-order valence-corrected chi connectivity index (χ1v) is 6.03. The smallest absolute Gasteiger partial charge is 0.411 e. The fourth-order valence-electron chi connectivity index (χ4n) is 1.65. The molecule has 0 aromatic heterocycles. The van der Waals surface area contributed by atoms with Crippen LogP contribution in [0.4, 0.5) is 10.5 Å². The van der Waals surface area contributed by atoms with Gasteiger partial charge in [-0.1, -0.05) is 23.2 Å². The summed E-state index contributed by atoms with van der Waals surface area (Å²) >= 11 is 11.6. The molecule has 1 amide bonds. The van der Waals surface area contributed by atoms with Crippen molar-refractivity contribution < 1.29 is 9.53 Å². The third-order valence-corrected chi connectivity index (χ3v) is 2.83. The molecule has 92 valence electrons. The maximum Gasteiger partial charge on any atom is 0.411 e. The van der Waals surface area contributed by atoms with Crippen LogP contribution >= 0.6 is 23.2 Å². The van der Waals surface area contributed by atoms with Gasteiger partial charge in [0, 0.05) is 22.3 Å². The van der Waals surface area contributed by atoms with Gasteiger partial charge >= 0.3 is 6.09 Å². The van der Waals surface area contributed by atoms with Crippen LogP contribution in [0.5, 0.6) is 0 Å². The average Bonchev–Trinajstić information content (AvgIpc) is 2.67. The SMILES string of the molecule is O=C(Nc1cc(Cl)cc(Cl)c1)OC1CCNC1. The number of benzene rings is 1. The second-order valence-electron chi connectivity index (χ2n) is 3.80. The minimum Gasteiger partial charge on any atom is -0.445 e. The molecule has 1 heterocycles. The molecule has 1 aliphatic rings. The molecule has 0 radical (unpaired) electrons. The van der Waals surface area contributed by atoms with Crippen LogP contribution in [-0.2, 0) is 4.74 Å². The van der Waals surface area contributed by atoms with Crippen molar-refractivity contribution in [3.63, 3.8) is 0 Å². The predicted octanol–water partition coefficient (Wildman–Crippen LogP) is 2.90. The summed E-state index contributed by atoms with van der Waals surface area (Å²) in [7, 11) is 0. The highest BCUT2D eigenvalue weighted by atomic mass is 35.5. The van der Waals surface area contributed by atoms with Crippen molar-refractivity contribution in [2.75, 3.05) is 18.4 Å². The quantitative estimate of drug-likeness (QED) is 0.872. The highest BCUT2D eigenvalue weighted by Crippen LogP contribution is 2.22. The molecule has 2 N–H and O–H groups in total. The van der Waals surface area contributed by atoms with Crippen molar-refractivity contribution in [2.24, 2.45) is 0 Å². The van der Waals surface area contributed by atoms with E-state index in [9.17, 15) is 4.79 Å². The molecule has 0 bridgehead atoms. The van der Waals surface area contributed by atoms with Crippen molar-refractivity contribution in [1.29, 1.82) is 0 Å². The molecule has 0 aliphatic carbocycles. The first kappa shape index (κ1) is 12.5. The van der Waals surface area contributed by atoms with Crippen LogP contribution < -0.4 is 10.6 Å². The normalized spacial score (nSPS) is 19.1. The molecule has 1 fully saturated rings. The Kier molecular flexibility index (Phi) is 4.10. The molecule has 2 rings (SSSR count). The monoisotopic (exact) mass is 274 g/mol. The van der Waals surface area contributed by atoms with E-state index in [-0.39, 0.29) is 6.10 Å². The zero-order valence-corrected chi connectivity index (χ0v) is 10.5. The first-order valence-electron chi connectivity index (χ1n) is 5.28. The number of carbonyl (C=O) groups excluding carboxylic acids is 1. The predicted molar refractivity (Wildman–Crippen MR) is 67.8 cm³/mol. The van der Waals surface area contributed by atoms with Crippen LogP contribution in [0.2, 0.25) is 10.0 Å². The summed E-state index contributed by atoms with van der Waals surface area (Å²) < 4.78 is 5.20. The zero-order valence-electron chi connectivity index (χ0n) is 9.00. The van der Waals surface area contributed by atoms with Gasteiger partial charge in [-0.3, -0.25) is 5.32 Å². The lowest BCUT2D eigenvalue weighted by molar-refractivity contribution is 0.121. The summed E-state index contributed by atoms with van der Waals surface area (Å²) in [4.78, 5) is 11.5. The fraction of sp³-hybridized carbons (Fsp3) is 0.364. The van der Waals surface area contributed by atoms with Gasteiger partial charge in [-0.2, -0.15) is 0 Å². The van der Waals surface area contributed by atoms with Gasteiger partial charge in [0.15, 0.2) is 0 Å². The van der Waals surface area contributed by atoms with Crippen molar-refractivity contribution >= 4 is 35.0 Å². The number of hydrogen-bond acceptors (Lipinski definition) is 3. The fourth-order valence-corrected chi connectivity index (χ4v) is 2.18. The standard InChI is InChI=1S/C11H12Cl2N2O2/c12-7-3-8(13)5-9(4-7)15-11(16)17-10-1-2-14-6-10/h3-5,10,14H,1-2,6H2,(H,15,16). The van der Waals surface area contributed by atoms with Crippen LogP contribution in [0, 0.1) is 0 Å². The summed E-state index contributed by atoms with van der Waals surface area (Å²) in [5.41, 5.74) is 0.526. The van der Waals surface area contributed by atoms with Crippen molar-refractivity contribution in [2.45, 2.75) is 12.5 Å². The van der Waals surface area contributed by atoms with Gasteiger partial charge in [0.25, 0.3) is 0 Å². The Bertz CT molecular complexity index is 400. The molecular formula is C11H12Cl2N2O2. The Morgan fingerprint density at radius 3 is 2.65 bits per heavy atom. The second kappa shape index (κ2) is 5.58. The van der Waals surface area contributed by atoms with Gasteiger partial charge < -0.3 is 10.1 Å². The first-order chi connectivity index (χ1) is 8.13. The number of carbonyl (C=O) groups is 1. The summed E-state index contributed by atoms with van der Waals surface area (Å²) in [6.07, 6.45) is 0.283. The molecular weight excluding hydrogens is 263 g/mol. The van der Waals surface area contributed by atoms with E-state index in [1.807, 2.05) is 0 Å². The third kappa shape index (κ3) is 3.77.